The van der Waals surface area contributed by atoms with Gasteiger partial charge < -0.3 is 25.3 Å². The topological polar surface area (TPSA) is 117 Å². The summed E-state index contributed by atoms with van der Waals surface area (Å²) in [5, 5.41) is 2.90. The Balaban J connectivity index is 1.87. The number of ether oxygens (including phenoxy) is 3. The molecular formula is C23H20N2O6. The maximum Gasteiger partial charge on any atom is 0.339 e. The highest BCUT2D eigenvalue weighted by atomic mass is 16.6. The van der Waals surface area contributed by atoms with Gasteiger partial charge in [0.2, 0.25) is 0 Å². The minimum absolute atomic E-state index is 0.0205. The van der Waals surface area contributed by atoms with Gasteiger partial charge in [0.25, 0.3) is 0 Å². The first-order valence-corrected chi connectivity index (χ1v) is 9.51. The molecule has 4 rings (SSSR count). The molecule has 3 N–H and O–H groups in total. The van der Waals surface area contributed by atoms with Crippen molar-refractivity contribution in [3.63, 3.8) is 0 Å². The van der Waals surface area contributed by atoms with Crippen LogP contribution in [-0.4, -0.2) is 25.0 Å². The molecule has 2 heterocycles. The summed E-state index contributed by atoms with van der Waals surface area (Å²) in [4.78, 5) is 39.3. The molecule has 0 unspecified atom stereocenters. The Morgan fingerprint density at radius 2 is 1.71 bits per heavy atom. The van der Waals surface area contributed by atoms with Crippen molar-refractivity contribution in [2.24, 2.45) is 5.73 Å². The molecule has 0 aromatic heterocycles. The van der Waals surface area contributed by atoms with Crippen LogP contribution in [0.15, 0.2) is 77.3 Å². The summed E-state index contributed by atoms with van der Waals surface area (Å²) in [6.45, 7) is 1.45. The second-order valence-electron chi connectivity index (χ2n) is 7.08. The average molecular weight is 420 g/mol. The molecule has 0 bridgehead atoms. The van der Waals surface area contributed by atoms with Crippen molar-refractivity contribution < 1.29 is 28.6 Å². The van der Waals surface area contributed by atoms with E-state index < -0.39 is 23.3 Å². The van der Waals surface area contributed by atoms with Crippen LogP contribution < -0.4 is 11.1 Å². The Hall–Kier alpha value is -4.07. The van der Waals surface area contributed by atoms with Gasteiger partial charge in [0.05, 0.1) is 7.11 Å². The average Bonchev–Trinajstić information content (AvgIpc) is 3.02. The Morgan fingerprint density at radius 3 is 2.42 bits per heavy atom. The molecule has 2 aliphatic rings. The lowest BCUT2D eigenvalue weighted by Crippen LogP contribution is -2.47. The zero-order chi connectivity index (χ0) is 22.2. The van der Waals surface area contributed by atoms with Gasteiger partial charge in [-0.1, -0.05) is 48.5 Å². The molecule has 8 heteroatoms. The van der Waals surface area contributed by atoms with Crippen molar-refractivity contribution in [3.8, 4) is 0 Å². The summed E-state index contributed by atoms with van der Waals surface area (Å²) < 4.78 is 15.8. The molecule has 0 saturated carbocycles. The van der Waals surface area contributed by atoms with Crippen molar-refractivity contribution in [1.29, 1.82) is 0 Å². The summed E-state index contributed by atoms with van der Waals surface area (Å²) in [7, 11) is 1.17. The molecule has 2 aromatic carbocycles. The van der Waals surface area contributed by atoms with Crippen LogP contribution in [0.4, 0.5) is 5.69 Å². The van der Waals surface area contributed by atoms with E-state index in [-0.39, 0.29) is 29.3 Å². The monoisotopic (exact) mass is 420 g/mol. The number of nitrogens with two attached hydrogens (primary N) is 1. The fourth-order valence-electron chi connectivity index (χ4n) is 4.03. The summed E-state index contributed by atoms with van der Waals surface area (Å²) in [5.41, 5.74) is 5.49. The summed E-state index contributed by atoms with van der Waals surface area (Å²) >= 11 is 0. The molecule has 2 aromatic rings. The van der Waals surface area contributed by atoms with E-state index in [2.05, 4.69) is 5.32 Å². The van der Waals surface area contributed by atoms with Crippen molar-refractivity contribution in [3.05, 3.63) is 88.5 Å². The summed E-state index contributed by atoms with van der Waals surface area (Å²) in [6.07, 6.45) is 0. The van der Waals surface area contributed by atoms with Gasteiger partial charge in [-0.3, -0.25) is 0 Å². The third kappa shape index (κ3) is 3.04. The maximum atomic E-state index is 13.3. The predicted octanol–water partition coefficient (Wildman–Crippen LogP) is 2.27. The number of nitrogens with one attached hydrogen (secondary N) is 1. The summed E-state index contributed by atoms with van der Waals surface area (Å²) in [6, 6.07) is 15.8. The molecular weight excluding hydrogens is 400 g/mol. The van der Waals surface area contributed by atoms with E-state index in [0.717, 1.165) is 5.56 Å². The first-order chi connectivity index (χ1) is 14.9. The van der Waals surface area contributed by atoms with Gasteiger partial charge in [0.1, 0.15) is 29.3 Å². The molecule has 158 valence electrons. The third-order valence-electron chi connectivity index (χ3n) is 5.33. The lowest BCUT2D eigenvalue weighted by atomic mass is 9.67. The van der Waals surface area contributed by atoms with Crippen LogP contribution >= 0.6 is 0 Å². The summed E-state index contributed by atoms with van der Waals surface area (Å²) in [5.74, 6) is -2.55. The highest BCUT2D eigenvalue weighted by molar-refractivity contribution is 6.15. The molecule has 0 fully saturated rings. The van der Waals surface area contributed by atoms with Crippen molar-refractivity contribution in [1.82, 2.24) is 0 Å². The number of carbonyl (C=O) groups excluding carboxylic acids is 3. The molecule has 0 amide bonds. The number of hydrogen-bond acceptors (Lipinski definition) is 8. The van der Waals surface area contributed by atoms with Gasteiger partial charge >= 0.3 is 17.9 Å². The van der Waals surface area contributed by atoms with Crippen LogP contribution in [0.1, 0.15) is 18.1 Å². The number of hydrogen-bond donors (Lipinski definition) is 2. The van der Waals surface area contributed by atoms with Gasteiger partial charge in [0, 0.05) is 11.3 Å². The quantitative estimate of drug-likeness (QED) is 0.572. The lowest BCUT2D eigenvalue weighted by Gasteiger charge is -2.35. The number of allylic oxidation sites excluding steroid dienone is 1. The molecule has 8 nitrogen and oxygen atoms in total. The molecule has 0 radical (unpaired) electrons. The van der Waals surface area contributed by atoms with Crippen LogP contribution in [-0.2, 0) is 40.6 Å². The fourth-order valence-corrected chi connectivity index (χ4v) is 4.03. The standard InChI is InChI=1S/C23H20N2O6/c1-13-17(21(27)30-12-14-8-4-3-5-9-14)23(22(28)31-13)15-10-6-7-11-16(15)25-19(24)18(23)20(26)29-2/h3-11,25H,12,24H2,1-2H3/t23-/m0/s1. The highest BCUT2D eigenvalue weighted by Crippen LogP contribution is 2.52. The minimum Gasteiger partial charge on any atom is -0.466 e. The smallest absolute Gasteiger partial charge is 0.339 e. The van der Waals surface area contributed by atoms with Crippen LogP contribution in [0.2, 0.25) is 0 Å². The zero-order valence-corrected chi connectivity index (χ0v) is 16.9. The van der Waals surface area contributed by atoms with E-state index in [1.54, 1.807) is 36.4 Å². The van der Waals surface area contributed by atoms with E-state index in [4.69, 9.17) is 19.9 Å². The van der Waals surface area contributed by atoms with Crippen LogP contribution in [0.25, 0.3) is 0 Å². The minimum atomic E-state index is -1.91. The Morgan fingerprint density at radius 1 is 1.03 bits per heavy atom. The molecule has 31 heavy (non-hydrogen) atoms. The highest BCUT2D eigenvalue weighted by Gasteiger charge is 2.62. The number of fused-ring (bicyclic) bond motifs is 2. The van der Waals surface area contributed by atoms with Crippen molar-refractivity contribution >= 4 is 23.6 Å². The Labute approximate surface area is 178 Å². The predicted molar refractivity (Wildman–Crippen MR) is 110 cm³/mol. The van der Waals surface area contributed by atoms with Crippen molar-refractivity contribution in [2.75, 3.05) is 12.4 Å². The largest absolute Gasteiger partial charge is 0.466 e. The van der Waals surface area contributed by atoms with Gasteiger partial charge in [-0.2, -0.15) is 0 Å². The van der Waals surface area contributed by atoms with Crippen LogP contribution in [0.5, 0.6) is 0 Å². The van der Waals surface area contributed by atoms with Crippen LogP contribution in [0, 0.1) is 0 Å². The molecule has 0 aliphatic carbocycles. The SMILES string of the molecule is COC(=O)C1=C(N)Nc2ccccc2[C@@]12C(=O)OC(C)=C2C(=O)OCc1ccccc1. The maximum absolute atomic E-state index is 13.3. The number of benzene rings is 2. The molecule has 0 saturated heterocycles. The van der Waals surface area contributed by atoms with E-state index in [1.165, 1.54) is 14.0 Å². The number of esters is 3. The number of cyclic esters (lactones) is 1. The van der Waals surface area contributed by atoms with Gasteiger partial charge in [0.15, 0.2) is 5.41 Å². The fraction of sp³-hybridized carbons (Fsp3) is 0.174. The number of rotatable bonds is 4. The first kappa shape index (κ1) is 20.2. The number of methoxy groups -OCH3 is 1. The zero-order valence-electron chi connectivity index (χ0n) is 16.9. The van der Waals surface area contributed by atoms with Crippen LogP contribution in [0.3, 0.4) is 0 Å². The van der Waals surface area contributed by atoms with Crippen molar-refractivity contribution in [2.45, 2.75) is 18.9 Å². The Kier molecular flexibility index (Phi) is 4.98. The Bertz CT molecular complexity index is 1150. The number of anilines is 1. The van der Waals surface area contributed by atoms with Gasteiger partial charge in [-0.05, 0) is 18.6 Å². The van der Waals surface area contributed by atoms with E-state index >= 15 is 0 Å². The second-order valence-corrected chi connectivity index (χ2v) is 7.08. The third-order valence-corrected chi connectivity index (χ3v) is 5.33. The normalized spacial score (nSPS) is 19.6. The number of carbonyl (C=O) groups is 3. The van der Waals surface area contributed by atoms with E-state index in [9.17, 15) is 14.4 Å². The molecule has 2 aliphatic heterocycles. The number of para-hydroxylation sites is 1. The van der Waals surface area contributed by atoms with Gasteiger partial charge in [-0.15, -0.1) is 0 Å². The molecule has 1 atom stereocenters. The molecule has 1 spiro atoms. The van der Waals surface area contributed by atoms with E-state index in [1.807, 2.05) is 18.2 Å². The van der Waals surface area contributed by atoms with E-state index in [0.29, 0.717) is 11.3 Å². The van der Waals surface area contributed by atoms with Gasteiger partial charge in [-0.25, -0.2) is 14.4 Å². The first-order valence-electron chi connectivity index (χ1n) is 9.51. The lowest BCUT2D eigenvalue weighted by molar-refractivity contribution is -0.146. The second kappa shape index (κ2) is 7.64.